The number of allylic oxidation sites excluding steroid dienone is 4. The van der Waals surface area contributed by atoms with Crippen molar-refractivity contribution in [2.75, 3.05) is 13.1 Å². The molecule has 2 fully saturated rings. The van der Waals surface area contributed by atoms with Gasteiger partial charge < -0.3 is 5.32 Å². The first kappa shape index (κ1) is 12.2. The summed E-state index contributed by atoms with van der Waals surface area (Å²) in [6.07, 6.45) is 18.6. The lowest BCUT2D eigenvalue weighted by molar-refractivity contribution is 0.378. The minimum absolute atomic E-state index is 0.933. The van der Waals surface area contributed by atoms with Crippen LogP contribution in [0.4, 0.5) is 0 Å². The SMILES string of the molecule is C1=CC2CC1CC2CCNCCC1CC2C=CC1C2. The van der Waals surface area contributed by atoms with Crippen molar-refractivity contribution in [1.82, 2.24) is 5.32 Å². The van der Waals surface area contributed by atoms with Crippen molar-refractivity contribution in [2.24, 2.45) is 35.5 Å². The number of rotatable bonds is 6. The number of fused-ring (bicyclic) bond motifs is 4. The molecule has 0 heterocycles. The van der Waals surface area contributed by atoms with Crippen LogP contribution in [0.5, 0.6) is 0 Å². The molecule has 0 radical (unpaired) electrons. The predicted molar refractivity (Wildman–Crippen MR) is 79.8 cm³/mol. The van der Waals surface area contributed by atoms with E-state index in [1.54, 1.807) is 0 Å². The highest BCUT2D eigenvalue weighted by Crippen LogP contribution is 2.45. The molecule has 2 saturated carbocycles. The smallest absolute Gasteiger partial charge is 0.00461 e. The minimum Gasteiger partial charge on any atom is -0.317 e. The van der Waals surface area contributed by atoms with Gasteiger partial charge in [-0.1, -0.05) is 24.3 Å². The van der Waals surface area contributed by atoms with Crippen LogP contribution in [0.2, 0.25) is 0 Å². The van der Waals surface area contributed by atoms with Crippen molar-refractivity contribution in [3.63, 3.8) is 0 Å². The third-order valence-corrected chi connectivity index (χ3v) is 6.22. The zero-order chi connectivity index (χ0) is 12.7. The molecule has 1 N–H and O–H groups in total. The van der Waals surface area contributed by atoms with E-state index in [0.29, 0.717) is 0 Å². The summed E-state index contributed by atoms with van der Waals surface area (Å²) in [4.78, 5) is 0. The Balaban J connectivity index is 1.11. The molecule has 1 nitrogen and oxygen atoms in total. The molecule has 4 rings (SSSR count). The summed E-state index contributed by atoms with van der Waals surface area (Å²) in [5.74, 6) is 5.73. The van der Waals surface area contributed by atoms with Crippen LogP contribution in [0.15, 0.2) is 24.3 Å². The first-order valence-electron chi connectivity index (χ1n) is 8.46. The van der Waals surface area contributed by atoms with E-state index >= 15 is 0 Å². The van der Waals surface area contributed by atoms with Crippen molar-refractivity contribution in [3.05, 3.63) is 24.3 Å². The predicted octanol–water partition coefficient (Wildman–Crippen LogP) is 3.78. The Morgan fingerprint density at radius 3 is 1.58 bits per heavy atom. The van der Waals surface area contributed by atoms with E-state index in [1.807, 2.05) is 0 Å². The van der Waals surface area contributed by atoms with E-state index in [4.69, 9.17) is 0 Å². The highest BCUT2D eigenvalue weighted by Gasteiger charge is 2.36. The molecule has 0 saturated heterocycles. The maximum absolute atomic E-state index is 3.71. The van der Waals surface area contributed by atoms with Crippen LogP contribution in [0.25, 0.3) is 0 Å². The summed E-state index contributed by atoms with van der Waals surface area (Å²) in [5.41, 5.74) is 0. The molecule has 4 bridgehead atoms. The number of hydrogen-bond donors (Lipinski definition) is 1. The van der Waals surface area contributed by atoms with E-state index in [1.165, 1.54) is 51.6 Å². The van der Waals surface area contributed by atoms with Crippen LogP contribution in [0, 0.1) is 35.5 Å². The molecular formula is C18H27N. The topological polar surface area (TPSA) is 12.0 Å². The van der Waals surface area contributed by atoms with Crippen LogP contribution in [-0.4, -0.2) is 13.1 Å². The summed E-state index contributed by atoms with van der Waals surface area (Å²) in [6, 6.07) is 0. The molecule has 6 atom stereocenters. The Bertz CT molecular complexity index is 347. The Morgan fingerprint density at radius 1 is 0.684 bits per heavy atom. The van der Waals surface area contributed by atoms with Crippen molar-refractivity contribution in [3.8, 4) is 0 Å². The molecule has 1 heteroatoms. The lowest BCUT2D eigenvalue weighted by Crippen LogP contribution is -2.23. The summed E-state index contributed by atoms with van der Waals surface area (Å²) < 4.78 is 0. The molecule has 0 aromatic heterocycles. The zero-order valence-electron chi connectivity index (χ0n) is 11.9. The van der Waals surface area contributed by atoms with Gasteiger partial charge in [0, 0.05) is 0 Å². The lowest BCUT2D eigenvalue weighted by atomic mass is 9.90. The molecule has 0 aliphatic heterocycles. The normalized spacial score (nSPS) is 45.7. The Morgan fingerprint density at radius 2 is 1.21 bits per heavy atom. The molecule has 0 aromatic rings. The quantitative estimate of drug-likeness (QED) is 0.564. The molecule has 0 amide bonds. The first-order valence-corrected chi connectivity index (χ1v) is 8.46. The molecule has 4 aliphatic carbocycles. The van der Waals surface area contributed by atoms with Gasteiger partial charge in [0.2, 0.25) is 0 Å². The first-order chi connectivity index (χ1) is 9.38. The van der Waals surface area contributed by atoms with Gasteiger partial charge in [0.05, 0.1) is 0 Å². The van der Waals surface area contributed by atoms with Gasteiger partial charge in [-0.3, -0.25) is 0 Å². The monoisotopic (exact) mass is 257 g/mol. The number of hydrogen-bond acceptors (Lipinski definition) is 1. The minimum atomic E-state index is 0.933. The second kappa shape index (κ2) is 5.09. The van der Waals surface area contributed by atoms with E-state index in [2.05, 4.69) is 29.6 Å². The maximum atomic E-state index is 3.71. The van der Waals surface area contributed by atoms with Gasteiger partial charge in [-0.2, -0.15) is 0 Å². The highest BCUT2D eigenvalue weighted by molar-refractivity contribution is 5.10. The molecule has 19 heavy (non-hydrogen) atoms. The Hall–Kier alpha value is -0.560. The molecular weight excluding hydrogens is 230 g/mol. The van der Waals surface area contributed by atoms with Gasteiger partial charge >= 0.3 is 0 Å². The van der Waals surface area contributed by atoms with Crippen LogP contribution >= 0.6 is 0 Å². The summed E-state index contributed by atoms with van der Waals surface area (Å²) in [6.45, 7) is 2.50. The third kappa shape index (κ3) is 2.42. The fourth-order valence-corrected chi connectivity index (χ4v) is 5.15. The summed E-state index contributed by atoms with van der Waals surface area (Å²) in [7, 11) is 0. The van der Waals surface area contributed by atoms with Gasteiger partial charge in [-0.15, -0.1) is 0 Å². The van der Waals surface area contributed by atoms with Crippen molar-refractivity contribution < 1.29 is 0 Å². The Labute approximate surface area is 117 Å². The average molecular weight is 257 g/mol. The van der Waals surface area contributed by atoms with E-state index in [-0.39, 0.29) is 0 Å². The molecule has 0 spiro atoms. The van der Waals surface area contributed by atoms with E-state index < -0.39 is 0 Å². The van der Waals surface area contributed by atoms with Crippen molar-refractivity contribution in [2.45, 2.75) is 38.5 Å². The van der Waals surface area contributed by atoms with Gasteiger partial charge in [0.1, 0.15) is 0 Å². The van der Waals surface area contributed by atoms with E-state index in [9.17, 15) is 0 Å². The zero-order valence-corrected chi connectivity index (χ0v) is 11.9. The largest absolute Gasteiger partial charge is 0.317 e. The molecule has 4 aliphatic rings. The van der Waals surface area contributed by atoms with Gasteiger partial charge in [-0.05, 0) is 87.1 Å². The van der Waals surface area contributed by atoms with Gasteiger partial charge in [-0.25, -0.2) is 0 Å². The van der Waals surface area contributed by atoms with Crippen LogP contribution in [0.3, 0.4) is 0 Å². The second-order valence-electron chi connectivity index (χ2n) is 7.41. The number of nitrogens with one attached hydrogen (secondary N) is 1. The molecule has 0 aromatic carbocycles. The summed E-state index contributed by atoms with van der Waals surface area (Å²) >= 11 is 0. The molecule has 6 unspecified atom stereocenters. The standard InChI is InChI=1S/C18H27N/c1-3-15-9-13(1)11-17(15)5-7-19-8-6-18-12-14-2-4-16(18)10-14/h1-4,13-19H,5-12H2. The molecule has 104 valence electrons. The van der Waals surface area contributed by atoms with Crippen LogP contribution in [0.1, 0.15) is 38.5 Å². The van der Waals surface area contributed by atoms with Gasteiger partial charge in [0.15, 0.2) is 0 Å². The second-order valence-corrected chi connectivity index (χ2v) is 7.41. The summed E-state index contributed by atoms with van der Waals surface area (Å²) in [5, 5.41) is 3.71. The van der Waals surface area contributed by atoms with E-state index in [0.717, 1.165) is 35.5 Å². The van der Waals surface area contributed by atoms with Crippen LogP contribution < -0.4 is 5.32 Å². The van der Waals surface area contributed by atoms with Crippen molar-refractivity contribution in [1.29, 1.82) is 0 Å². The maximum Gasteiger partial charge on any atom is -0.00461 e. The fraction of sp³-hybridized carbons (Fsp3) is 0.778. The lowest BCUT2D eigenvalue weighted by Gasteiger charge is -2.20. The average Bonchev–Trinajstić information content (AvgIpc) is 3.18. The Kier molecular flexibility index (Phi) is 3.27. The van der Waals surface area contributed by atoms with Crippen LogP contribution in [-0.2, 0) is 0 Å². The van der Waals surface area contributed by atoms with Gasteiger partial charge in [0.25, 0.3) is 0 Å². The third-order valence-electron chi connectivity index (χ3n) is 6.22. The highest BCUT2D eigenvalue weighted by atomic mass is 14.8. The van der Waals surface area contributed by atoms with Crippen molar-refractivity contribution >= 4 is 0 Å². The fourth-order valence-electron chi connectivity index (χ4n) is 5.15.